The molecule has 5 nitrogen and oxygen atoms in total. The van der Waals surface area contributed by atoms with Crippen LogP contribution in [-0.2, 0) is 14.3 Å². The summed E-state index contributed by atoms with van der Waals surface area (Å²) in [5, 5.41) is 15.8. The first kappa shape index (κ1) is 8.83. The number of hydrogen-bond donors (Lipinski definition) is 2. The van der Waals surface area contributed by atoms with Gasteiger partial charge in [-0.25, -0.2) is 9.59 Å². The van der Waals surface area contributed by atoms with E-state index in [0.29, 0.717) is 7.11 Å². The molecule has 6 heteroatoms. The van der Waals surface area contributed by atoms with Gasteiger partial charge >= 0.3 is 17.8 Å². The molecule has 0 radical (unpaired) electrons. The first-order chi connectivity index (χ1) is 4.45. The molecule has 0 spiro atoms. The number of ether oxygens (including phenoxy) is 1. The molecule has 0 aromatic heterocycles. The third kappa shape index (κ3) is 1.21. The van der Waals surface area contributed by atoms with Crippen LogP contribution < -0.4 is 0 Å². The van der Waals surface area contributed by atoms with Gasteiger partial charge in [0.05, 0.1) is 0 Å². The largest absolute Gasteiger partial charge is 0.477 e. The van der Waals surface area contributed by atoms with E-state index in [1.807, 2.05) is 0 Å². The first-order valence-corrected chi connectivity index (χ1v) is 2.16. The Kier molecular flexibility index (Phi) is 2.30. The van der Waals surface area contributed by atoms with Crippen molar-refractivity contribution in [3.63, 3.8) is 0 Å². The van der Waals surface area contributed by atoms with Crippen LogP contribution in [0.3, 0.4) is 0 Å². The quantitative estimate of drug-likeness (QED) is 0.531. The van der Waals surface area contributed by atoms with Crippen molar-refractivity contribution in [3.8, 4) is 0 Å². The number of methoxy groups -OCH3 is 1. The fourth-order valence-electron chi connectivity index (χ4n) is 0.266. The van der Waals surface area contributed by atoms with Crippen LogP contribution in [0.5, 0.6) is 0 Å². The predicted molar refractivity (Wildman–Crippen MR) is 26.1 cm³/mol. The maximum atomic E-state index is 12.3. The molecule has 0 heterocycles. The maximum absolute atomic E-state index is 12.3. The van der Waals surface area contributed by atoms with E-state index in [9.17, 15) is 14.0 Å². The lowest BCUT2D eigenvalue weighted by Crippen LogP contribution is -2.43. The van der Waals surface area contributed by atoms with Crippen LogP contribution in [0.15, 0.2) is 0 Å². The highest BCUT2D eigenvalue weighted by atomic mass is 19.2. The number of rotatable bonds is 3. The molecule has 0 amide bonds. The van der Waals surface area contributed by atoms with Gasteiger partial charge in [-0.2, -0.15) is 4.39 Å². The van der Waals surface area contributed by atoms with Crippen molar-refractivity contribution in [1.82, 2.24) is 0 Å². The summed E-state index contributed by atoms with van der Waals surface area (Å²) in [7, 11) is 0.655. The van der Waals surface area contributed by atoms with Crippen molar-refractivity contribution in [2.45, 2.75) is 5.85 Å². The van der Waals surface area contributed by atoms with Gasteiger partial charge in [-0.05, 0) is 0 Å². The molecule has 0 aromatic rings. The van der Waals surface area contributed by atoms with Gasteiger partial charge in [0.2, 0.25) is 0 Å². The van der Waals surface area contributed by atoms with Gasteiger partial charge in [0.1, 0.15) is 0 Å². The number of carboxylic acids is 2. The van der Waals surface area contributed by atoms with Gasteiger partial charge in [0.25, 0.3) is 0 Å². The highest BCUT2D eigenvalue weighted by molar-refractivity contribution is 5.99. The fourth-order valence-corrected chi connectivity index (χ4v) is 0.266. The molecule has 0 aromatic carbocycles. The molecule has 58 valence electrons. The SMILES string of the molecule is COC(F)(C(=O)O)C(=O)O. The Hall–Kier alpha value is -1.17. The molecule has 0 fully saturated rings. The monoisotopic (exact) mass is 152 g/mol. The average Bonchev–Trinajstić information content (AvgIpc) is 1.85. The Morgan fingerprint density at radius 2 is 1.70 bits per heavy atom. The van der Waals surface area contributed by atoms with E-state index in [0.717, 1.165) is 0 Å². The van der Waals surface area contributed by atoms with Gasteiger partial charge in [0, 0.05) is 7.11 Å². The summed E-state index contributed by atoms with van der Waals surface area (Å²) in [5.74, 6) is -7.98. The Labute approximate surface area is 55.0 Å². The molecule has 0 bridgehead atoms. The zero-order valence-electron chi connectivity index (χ0n) is 5.00. The van der Waals surface area contributed by atoms with Crippen molar-refractivity contribution in [2.24, 2.45) is 0 Å². The second-order valence-corrected chi connectivity index (χ2v) is 1.41. The van der Waals surface area contributed by atoms with Gasteiger partial charge in [0.15, 0.2) is 0 Å². The van der Waals surface area contributed by atoms with Crippen molar-refractivity contribution < 1.29 is 28.9 Å². The molecular weight excluding hydrogens is 147 g/mol. The lowest BCUT2D eigenvalue weighted by Gasteiger charge is -2.11. The van der Waals surface area contributed by atoms with Gasteiger partial charge < -0.3 is 14.9 Å². The van der Waals surface area contributed by atoms with E-state index in [1.165, 1.54) is 0 Å². The van der Waals surface area contributed by atoms with Gasteiger partial charge in [-0.1, -0.05) is 0 Å². The standard InChI is InChI=1S/C4H5FO5/c1-10-4(5,2(6)7)3(8)9/h1H3,(H,6,7)(H,8,9). The van der Waals surface area contributed by atoms with Crippen LogP contribution in [0.2, 0.25) is 0 Å². The minimum Gasteiger partial charge on any atom is -0.477 e. The lowest BCUT2D eigenvalue weighted by atomic mass is 10.3. The number of hydrogen-bond acceptors (Lipinski definition) is 3. The molecule has 10 heavy (non-hydrogen) atoms. The van der Waals surface area contributed by atoms with Crippen LogP contribution in [-0.4, -0.2) is 35.1 Å². The summed E-state index contributed by atoms with van der Waals surface area (Å²) in [4.78, 5) is 19.6. The summed E-state index contributed by atoms with van der Waals surface area (Å²) < 4.78 is 15.9. The van der Waals surface area contributed by atoms with Crippen molar-refractivity contribution in [2.75, 3.05) is 7.11 Å². The number of carbonyl (C=O) groups is 2. The van der Waals surface area contributed by atoms with Crippen LogP contribution in [0.25, 0.3) is 0 Å². The zero-order valence-corrected chi connectivity index (χ0v) is 5.00. The van der Waals surface area contributed by atoms with Crippen molar-refractivity contribution >= 4 is 11.9 Å². The first-order valence-electron chi connectivity index (χ1n) is 2.16. The molecular formula is C4H5FO5. The summed E-state index contributed by atoms with van der Waals surface area (Å²) in [5.41, 5.74) is 0. The van der Waals surface area contributed by atoms with E-state index in [1.54, 1.807) is 0 Å². The van der Waals surface area contributed by atoms with Crippen LogP contribution in [0.1, 0.15) is 0 Å². The number of alkyl halides is 1. The van der Waals surface area contributed by atoms with E-state index in [-0.39, 0.29) is 0 Å². The highest BCUT2D eigenvalue weighted by Crippen LogP contribution is 2.11. The molecule has 0 atom stereocenters. The normalized spacial score (nSPS) is 11.0. The van der Waals surface area contributed by atoms with Crippen molar-refractivity contribution in [3.05, 3.63) is 0 Å². The van der Waals surface area contributed by atoms with E-state index in [2.05, 4.69) is 4.74 Å². The molecule has 0 rings (SSSR count). The minimum absolute atomic E-state index is 0.655. The Balaban J connectivity index is 4.55. The molecule has 2 N–H and O–H groups in total. The summed E-state index contributed by atoms with van der Waals surface area (Å²) >= 11 is 0. The fraction of sp³-hybridized carbons (Fsp3) is 0.500. The molecule has 0 aliphatic rings. The molecule has 0 aliphatic heterocycles. The van der Waals surface area contributed by atoms with Crippen LogP contribution >= 0.6 is 0 Å². The van der Waals surface area contributed by atoms with Crippen LogP contribution in [0, 0.1) is 0 Å². The highest BCUT2D eigenvalue weighted by Gasteiger charge is 2.48. The maximum Gasteiger partial charge on any atom is 0.404 e. The third-order valence-electron chi connectivity index (χ3n) is 0.831. The van der Waals surface area contributed by atoms with E-state index in [4.69, 9.17) is 10.2 Å². The number of carboxylic acid groups (broad SMARTS) is 2. The second-order valence-electron chi connectivity index (χ2n) is 1.41. The molecule has 0 aliphatic carbocycles. The predicted octanol–water partition coefficient (Wildman–Crippen LogP) is -0.532. The topological polar surface area (TPSA) is 83.8 Å². The summed E-state index contributed by atoms with van der Waals surface area (Å²) in [6.07, 6.45) is 0. The second kappa shape index (κ2) is 2.61. The molecule has 0 saturated carbocycles. The zero-order chi connectivity index (χ0) is 8.36. The third-order valence-corrected chi connectivity index (χ3v) is 0.831. The summed E-state index contributed by atoms with van der Waals surface area (Å²) in [6, 6.07) is 0. The van der Waals surface area contributed by atoms with Gasteiger partial charge in [-0.15, -0.1) is 0 Å². The van der Waals surface area contributed by atoms with Crippen LogP contribution in [0.4, 0.5) is 4.39 Å². The number of halogens is 1. The smallest absolute Gasteiger partial charge is 0.404 e. The number of aliphatic carboxylic acids is 2. The Bertz CT molecular complexity index is 151. The summed E-state index contributed by atoms with van der Waals surface area (Å²) in [6.45, 7) is 0. The van der Waals surface area contributed by atoms with E-state index >= 15 is 0 Å². The Morgan fingerprint density at radius 1 is 1.40 bits per heavy atom. The lowest BCUT2D eigenvalue weighted by molar-refractivity contribution is -0.203. The van der Waals surface area contributed by atoms with Gasteiger partial charge in [-0.3, -0.25) is 0 Å². The Morgan fingerprint density at radius 3 is 1.70 bits per heavy atom. The van der Waals surface area contributed by atoms with Crippen molar-refractivity contribution in [1.29, 1.82) is 0 Å². The average molecular weight is 152 g/mol. The van der Waals surface area contributed by atoms with E-state index < -0.39 is 17.8 Å². The molecule has 0 saturated heterocycles. The molecule has 0 unspecified atom stereocenters. The minimum atomic E-state index is -3.62.